The van der Waals surface area contributed by atoms with Gasteiger partial charge >= 0.3 is 0 Å². The molecule has 3 heteroatoms. The number of hydrogen-bond acceptors (Lipinski definition) is 3. The highest BCUT2D eigenvalue weighted by molar-refractivity contribution is 5.87. The van der Waals surface area contributed by atoms with Gasteiger partial charge in [0.15, 0.2) is 0 Å². The topological polar surface area (TPSA) is 43.4 Å². The van der Waals surface area contributed by atoms with Crippen LogP contribution >= 0.6 is 0 Å². The minimum atomic E-state index is -0.0471. The van der Waals surface area contributed by atoms with Crippen LogP contribution in [0, 0.1) is 34.5 Å². The molecule has 4 saturated carbocycles. The Bertz CT molecular complexity index is 555. The summed E-state index contributed by atoms with van der Waals surface area (Å²) < 4.78 is 6.23. The molecule has 3 nitrogen and oxygen atoms in total. The molecule has 1 saturated heterocycles. The second-order valence-corrected chi connectivity index (χ2v) is 8.96. The Morgan fingerprint density at radius 2 is 1.91 bits per heavy atom. The molecule has 120 valence electrons. The first-order valence-electron chi connectivity index (χ1n) is 9.21. The zero-order valence-electron chi connectivity index (χ0n) is 13.5. The Kier molecular flexibility index (Phi) is 2.63. The van der Waals surface area contributed by atoms with E-state index in [-0.39, 0.29) is 10.8 Å². The van der Waals surface area contributed by atoms with Crippen LogP contribution in [0.3, 0.4) is 0 Å². The predicted octanol–water partition coefficient (Wildman–Crippen LogP) is 3.16. The van der Waals surface area contributed by atoms with Crippen LogP contribution in [0.2, 0.25) is 0 Å². The number of ketones is 2. The molecule has 4 aliphatic carbocycles. The molecule has 5 unspecified atom stereocenters. The highest BCUT2D eigenvalue weighted by Crippen LogP contribution is 2.67. The van der Waals surface area contributed by atoms with E-state index in [4.69, 9.17) is 4.74 Å². The zero-order valence-corrected chi connectivity index (χ0v) is 13.5. The Hall–Kier alpha value is -0.700. The summed E-state index contributed by atoms with van der Waals surface area (Å²) in [6.07, 6.45) is 8.13. The summed E-state index contributed by atoms with van der Waals surface area (Å²) in [5.74, 6) is 3.40. The van der Waals surface area contributed by atoms with Gasteiger partial charge in [-0.3, -0.25) is 9.59 Å². The number of carbonyl (C=O) groups excluding carboxylic acids is 2. The summed E-state index contributed by atoms with van der Waals surface area (Å²) in [7, 11) is 0. The van der Waals surface area contributed by atoms with Crippen molar-refractivity contribution < 1.29 is 14.3 Å². The van der Waals surface area contributed by atoms with E-state index < -0.39 is 0 Å². The summed E-state index contributed by atoms with van der Waals surface area (Å²) in [5, 5.41) is 0. The molecular weight excluding hydrogens is 276 g/mol. The molecule has 5 aliphatic rings. The van der Waals surface area contributed by atoms with E-state index in [1.54, 1.807) is 0 Å². The van der Waals surface area contributed by atoms with Gasteiger partial charge in [0, 0.05) is 36.0 Å². The SMILES string of the molecule is C[C@]12CCC3C(CC4OC[C@@]35CCC(=O)CC45)C1CCC2=O. The summed E-state index contributed by atoms with van der Waals surface area (Å²) in [4.78, 5) is 24.4. The molecule has 22 heavy (non-hydrogen) atoms. The van der Waals surface area contributed by atoms with Gasteiger partial charge in [-0.05, 0) is 49.9 Å². The lowest BCUT2D eigenvalue weighted by molar-refractivity contribution is -0.141. The maximum absolute atomic E-state index is 12.4. The smallest absolute Gasteiger partial charge is 0.139 e. The van der Waals surface area contributed by atoms with Crippen LogP contribution in [0.4, 0.5) is 0 Å². The van der Waals surface area contributed by atoms with Crippen LogP contribution in [0.5, 0.6) is 0 Å². The van der Waals surface area contributed by atoms with Crippen molar-refractivity contribution in [1.82, 2.24) is 0 Å². The van der Waals surface area contributed by atoms with Crippen molar-refractivity contribution in [2.24, 2.45) is 34.5 Å². The average molecular weight is 302 g/mol. The van der Waals surface area contributed by atoms with Gasteiger partial charge < -0.3 is 4.74 Å². The number of fused-ring (bicyclic) bond motifs is 3. The van der Waals surface area contributed by atoms with Gasteiger partial charge in [-0.2, -0.15) is 0 Å². The van der Waals surface area contributed by atoms with Crippen LogP contribution in [-0.4, -0.2) is 24.3 Å². The van der Waals surface area contributed by atoms with Crippen LogP contribution in [0.15, 0.2) is 0 Å². The van der Waals surface area contributed by atoms with Gasteiger partial charge in [-0.25, -0.2) is 0 Å². The normalized spacial score (nSPS) is 56.5. The van der Waals surface area contributed by atoms with Crippen LogP contribution < -0.4 is 0 Å². The minimum Gasteiger partial charge on any atom is -0.377 e. The number of carbonyl (C=O) groups is 2. The highest BCUT2D eigenvalue weighted by atomic mass is 16.5. The molecule has 2 bridgehead atoms. The Labute approximate surface area is 132 Å². The number of rotatable bonds is 0. The second kappa shape index (κ2) is 4.23. The van der Waals surface area contributed by atoms with Crippen molar-refractivity contribution in [1.29, 1.82) is 0 Å². The molecule has 1 heterocycles. The van der Waals surface area contributed by atoms with Crippen molar-refractivity contribution in [3.05, 3.63) is 0 Å². The average Bonchev–Trinajstić information content (AvgIpc) is 2.94. The van der Waals surface area contributed by atoms with E-state index in [1.807, 2.05) is 0 Å². The molecule has 5 rings (SSSR count). The molecule has 1 aliphatic heterocycles. The van der Waals surface area contributed by atoms with E-state index in [9.17, 15) is 9.59 Å². The third-order valence-electron chi connectivity index (χ3n) is 8.46. The molecule has 0 radical (unpaired) electrons. The molecule has 7 atom stereocenters. The molecule has 0 spiro atoms. The first-order chi connectivity index (χ1) is 10.5. The van der Waals surface area contributed by atoms with Crippen LogP contribution in [0.25, 0.3) is 0 Å². The third-order valence-corrected chi connectivity index (χ3v) is 8.46. The Morgan fingerprint density at radius 1 is 1.05 bits per heavy atom. The van der Waals surface area contributed by atoms with Crippen molar-refractivity contribution >= 4 is 11.6 Å². The van der Waals surface area contributed by atoms with Crippen molar-refractivity contribution in [2.45, 2.75) is 64.4 Å². The van der Waals surface area contributed by atoms with E-state index in [2.05, 4.69) is 6.92 Å². The highest BCUT2D eigenvalue weighted by Gasteiger charge is 2.66. The first-order valence-corrected chi connectivity index (χ1v) is 9.21. The van der Waals surface area contributed by atoms with E-state index in [0.29, 0.717) is 41.3 Å². The van der Waals surface area contributed by atoms with Gasteiger partial charge in [-0.15, -0.1) is 0 Å². The predicted molar refractivity (Wildman–Crippen MR) is 81.2 cm³/mol. The number of ether oxygens (including phenoxy) is 1. The van der Waals surface area contributed by atoms with Crippen molar-refractivity contribution in [3.63, 3.8) is 0 Å². The lowest BCUT2D eigenvalue weighted by Gasteiger charge is -2.57. The Balaban J connectivity index is 1.54. The van der Waals surface area contributed by atoms with Gasteiger partial charge in [0.05, 0.1) is 12.7 Å². The maximum atomic E-state index is 12.4. The fourth-order valence-electron chi connectivity index (χ4n) is 7.34. The van der Waals surface area contributed by atoms with E-state index in [1.165, 1.54) is 6.42 Å². The fraction of sp³-hybridized carbons (Fsp3) is 0.895. The molecular formula is C19H26O3. The van der Waals surface area contributed by atoms with Gasteiger partial charge in [0.25, 0.3) is 0 Å². The maximum Gasteiger partial charge on any atom is 0.139 e. The molecule has 0 aromatic carbocycles. The fourth-order valence-corrected chi connectivity index (χ4v) is 7.34. The lowest BCUT2D eigenvalue weighted by atomic mass is 9.45. The van der Waals surface area contributed by atoms with Crippen molar-refractivity contribution in [3.8, 4) is 0 Å². The molecule has 0 aromatic rings. The second-order valence-electron chi connectivity index (χ2n) is 8.96. The summed E-state index contributed by atoms with van der Waals surface area (Å²) >= 11 is 0. The standard InChI is InChI=1S/C19H26O3/c1-18-6-5-14-12(13(18)2-3-17(18)21)9-16-15-8-11(20)4-7-19(14,15)10-22-16/h12-16H,2-10H2,1H3/t12?,13?,14?,15?,16?,18-,19-/m0/s1. The van der Waals surface area contributed by atoms with Gasteiger partial charge in [0.2, 0.25) is 0 Å². The minimum absolute atomic E-state index is 0.0471. The molecule has 0 amide bonds. The number of hydrogen-bond donors (Lipinski definition) is 0. The number of Topliss-reactive ketones (excluding diaryl/α,β-unsaturated/α-hetero) is 2. The zero-order chi connectivity index (χ0) is 15.1. The lowest BCUT2D eigenvalue weighted by Crippen LogP contribution is -2.56. The largest absolute Gasteiger partial charge is 0.377 e. The van der Waals surface area contributed by atoms with Gasteiger partial charge in [-0.1, -0.05) is 6.92 Å². The monoisotopic (exact) mass is 302 g/mol. The quantitative estimate of drug-likeness (QED) is 0.690. The summed E-state index contributed by atoms with van der Waals surface area (Å²) in [5.41, 5.74) is 0.225. The summed E-state index contributed by atoms with van der Waals surface area (Å²) in [6, 6.07) is 0. The van der Waals surface area contributed by atoms with Crippen LogP contribution in [0.1, 0.15) is 58.3 Å². The van der Waals surface area contributed by atoms with E-state index in [0.717, 1.165) is 51.6 Å². The van der Waals surface area contributed by atoms with Gasteiger partial charge in [0.1, 0.15) is 11.6 Å². The van der Waals surface area contributed by atoms with Crippen LogP contribution in [-0.2, 0) is 14.3 Å². The molecule has 0 N–H and O–H groups in total. The third kappa shape index (κ3) is 1.47. The summed E-state index contributed by atoms with van der Waals surface area (Å²) in [6.45, 7) is 3.12. The van der Waals surface area contributed by atoms with E-state index >= 15 is 0 Å². The molecule has 5 fully saturated rings. The molecule has 0 aromatic heterocycles. The first kappa shape index (κ1) is 13.7. The Morgan fingerprint density at radius 3 is 2.77 bits per heavy atom. The van der Waals surface area contributed by atoms with Crippen molar-refractivity contribution in [2.75, 3.05) is 6.61 Å².